The summed E-state index contributed by atoms with van der Waals surface area (Å²) in [5.74, 6) is 0.927. The van der Waals surface area contributed by atoms with Crippen LogP contribution in [0.15, 0.2) is 28.6 Å². The number of carbonyl (C=O) groups excluding carboxylic acids is 1. The van der Waals surface area contributed by atoms with Crippen LogP contribution in [0.5, 0.6) is 5.75 Å². The number of nitrogens with one attached hydrogen (secondary N) is 1. The second kappa shape index (κ2) is 9.23. The molecule has 2 rings (SSSR count). The molecule has 0 saturated carbocycles. The number of benzene rings is 1. The van der Waals surface area contributed by atoms with Crippen LogP contribution >= 0.6 is 23.1 Å². The molecule has 0 aliphatic heterocycles. The largest absolute Gasteiger partial charge is 0.497 e. The van der Waals surface area contributed by atoms with Gasteiger partial charge in [0.2, 0.25) is 11.0 Å². The Morgan fingerprint density at radius 3 is 2.27 bits per heavy atom. The van der Waals surface area contributed by atoms with Crippen molar-refractivity contribution in [3.05, 3.63) is 24.3 Å². The van der Waals surface area contributed by atoms with Gasteiger partial charge in [0.25, 0.3) is 0 Å². The molecule has 1 aromatic heterocycles. The summed E-state index contributed by atoms with van der Waals surface area (Å²) in [6, 6.07) is 7.95. The van der Waals surface area contributed by atoms with Crippen molar-refractivity contribution in [3.63, 3.8) is 0 Å². The van der Waals surface area contributed by atoms with E-state index in [1.165, 1.54) is 23.1 Å². The Balaban J connectivity index is 1.99. The quantitative estimate of drug-likeness (QED) is 0.669. The van der Waals surface area contributed by atoms with E-state index in [4.69, 9.17) is 4.74 Å². The first-order valence-electron chi connectivity index (χ1n) is 8.55. The maximum Gasteiger partial charge on any atom is 0.236 e. The van der Waals surface area contributed by atoms with Crippen molar-refractivity contribution in [2.24, 2.45) is 0 Å². The summed E-state index contributed by atoms with van der Waals surface area (Å²) < 4.78 is 5.92. The monoisotopic (exact) mass is 394 g/mol. The lowest BCUT2D eigenvalue weighted by Crippen LogP contribution is -2.45. The summed E-state index contributed by atoms with van der Waals surface area (Å²) in [5.41, 5.74) is 0.911. The highest BCUT2D eigenvalue weighted by Gasteiger charge is 2.26. The molecule has 0 unspecified atom stereocenters. The third kappa shape index (κ3) is 5.35. The van der Waals surface area contributed by atoms with Gasteiger partial charge >= 0.3 is 0 Å². The van der Waals surface area contributed by atoms with Crippen LogP contribution in [0.3, 0.4) is 0 Å². The summed E-state index contributed by atoms with van der Waals surface area (Å²) in [4.78, 5) is 14.6. The highest BCUT2D eigenvalue weighted by atomic mass is 32.2. The van der Waals surface area contributed by atoms with Gasteiger partial charge < -0.3 is 15.0 Å². The van der Waals surface area contributed by atoms with Gasteiger partial charge in [-0.2, -0.15) is 0 Å². The molecular weight excluding hydrogens is 368 g/mol. The molecule has 1 atom stereocenters. The van der Waals surface area contributed by atoms with Crippen molar-refractivity contribution in [2.75, 3.05) is 12.4 Å². The fraction of sp³-hybridized carbons (Fsp3) is 0.500. The topological polar surface area (TPSA) is 67.3 Å². The van der Waals surface area contributed by atoms with Crippen molar-refractivity contribution in [2.45, 2.75) is 56.3 Å². The third-order valence-corrected chi connectivity index (χ3v) is 5.75. The van der Waals surface area contributed by atoms with E-state index < -0.39 is 0 Å². The Labute approximate surface area is 163 Å². The number of hydrogen-bond acceptors (Lipinski definition) is 7. The van der Waals surface area contributed by atoms with Crippen LogP contribution in [-0.2, 0) is 4.79 Å². The predicted octanol–water partition coefficient (Wildman–Crippen LogP) is 4.42. The smallest absolute Gasteiger partial charge is 0.236 e. The van der Waals surface area contributed by atoms with Gasteiger partial charge in [0.1, 0.15) is 5.75 Å². The number of ether oxygens (including phenoxy) is 1. The molecule has 0 fully saturated rings. The van der Waals surface area contributed by atoms with E-state index in [1.54, 1.807) is 7.11 Å². The number of rotatable bonds is 8. The predicted molar refractivity (Wildman–Crippen MR) is 109 cm³/mol. The highest BCUT2D eigenvalue weighted by molar-refractivity contribution is 8.02. The van der Waals surface area contributed by atoms with Gasteiger partial charge in [0, 0.05) is 17.8 Å². The van der Waals surface area contributed by atoms with E-state index in [9.17, 15) is 4.79 Å². The number of nitrogens with zero attached hydrogens (tertiary/aromatic N) is 3. The number of amides is 1. The molecule has 26 heavy (non-hydrogen) atoms. The normalized spacial score (nSPS) is 12.3. The van der Waals surface area contributed by atoms with Gasteiger partial charge in [0.05, 0.1) is 12.4 Å². The van der Waals surface area contributed by atoms with Gasteiger partial charge in [0.15, 0.2) is 4.34 Å². The number of thioether (sulfide) groups is 1. The summed E-state index contributed by atoms with van der Waals surface area (Å²) in [6.07, 6.45) is 0. The fourth-order valence-electron chi connectivity index (χ4n) is 2.62. The molecule has 0 aliphatic carbocycles. The van der Waals surface area contributed by atoms with E-state index in [-0.39, 0.29) is 23.2 Å². The molecule has 1 aromatic carbocycles. The van der Waals surface area contributed by atoms with Gasteiger partial charge in [-0.15, -0.1) is 10.2 Å². The molecule has 6 nitrogen and oxygen atoms in total. The van der Waals surface area contributed by atoms with Crippen LogP contribution in [0.25, 0.3) is 0 Å². The number of anilines is 2. The Morgan fingerprint density at radius 2 is 1.73 bits per heavy atom. The standard InChI is InChI=1S/C18H26N4O2S2/c1-11(2)22(12(3)4)16(23)13(5)25-18-21-20-17(26-18)19-14-7-9-15(24-6)10-8-14/h7-13H,1-6H3,(H,19,20)/t13-/m0/s1. The zero-order valence-electron chi connectivity index (χ0n) is 16.0. The van der Waals surface area contributed by atoms with E-state index in [1.807, 2.05) is 63.8 Å². The Kier molecular flexibility index (Phi) is 7.28. The zero-order chi connectivity index (χ0) is 19.3. The number of hydrogen-bond donors (Lipinski definition) is 1. The maximum absolute atomic E-state index is 12.7. The average molecular weight is 395 g/mol. The van der Waals surface area contributed by atoms with Crippen molar-refractivity contribution in [1.29, 1.82) is 0 Å². The molecule has 0 spiro atoms. The maximum atomic E-state index is 12.7. The SMILES string of the molecule is COc1ccc(Nc2nnc(S[C@@H](C)C(=O)N(C(C)C)C(C)C)s2)cc1. The Bertz CT molecular complexity index is 708. The molecule has 8 heteroatoms. The second-order valence-electron chi connectivity index (χ2n) is 6.42. The van der Waals surface area contributed by atoms with Crippen LogP contribution < -0.4 is 10.1 Å². The van der Waals surface area contributed by atoms with Crippen LogP contribution in [-0.4, -0.2) is 45.4 Å². The second-order valence-corrected chi connectivity index (χ2v) is 8.99. The van der Waals surface area contributed by atoms with Crippen molar-refractivity contribution in [1.82, 2.24) is 15.1 Å². The lowest BCUT2D eigenvalue weighted by molar-refractivity contribution is -0.133. The number of aromatic nitrogens is 2. The van der Waals surface area contributed by atoms with Crippen LogP contribution in [0.4, 0.5) is 10.8 Å². The first-order chi connectivity index (χ1) is 12.3. The lowest BCUT2D eigenvalue weighted by Gasteiger charge is -2.32. The van der Waals surface area contributed by atoms with Crippen molar-refractivity contribution < 1.29 is 9.53 Å². The minimum Gasteiger partial charge on any atom is -0.497 e. The average Bonchev–Trinajstić information content (AvgIpc) is 3.01. The van der Waals surface area contributed by atoms with Crippen LogP contribution in [0.2, 0.25) is 0 Å². The van der Waals surface area contributed by atoms with E-state index in [0.29, 0.717) is 5.13 Å². The molecule has 1 N–H and O–H groups in total. The van der Waals surface area contributed by atoms with E-state index >= 15 is 0 Å². The van der Waals surface area contributed by atoms with Gasteiger partial charge in [-0.25, -0.2) is 0 Å². The van der Waals surface area contributed by atoms with Gasteiger partial charge in [-0.3, -0.25) is 4.79 Å². The Morgan fingerprint density at radius 1 is 1.12 bits per heavy atom. The van der Waals surface area contributed by atoms with Crippen molar-refractivity contribution in [3.8, 4) is 5.75 Å². The zero-order valence-corrected chi connectivity index (χ0v) is 17.6. The minimum absolute atomic E-state index is 0.125. The summed E-state index contributed by atoms with van der Waals surface area (Å²) in [5, 5.41) is 12.1. The van der Waals surface area contributed by atoms with E-state index in [2.05, 4.69) is 15.5 Å². The molecule has 1 amide bonds. The summed E-state index contributed by atoms with van der Waals surface area (Å²) >= 11 is 2.89. The molecule has 1 heterocycles. The summed E-state index contributed by atoms with van der Waals surface area (Å²) in [7, 11) is 1.64. The molecular formula is C18H26N4O2S2. The van der Waals surface area contributed by atoms with Crippen LogP contribution in [0.1, 0.15) is 34.6 Å². The van der Waals surface area contributed by atoms with E-state index in [0.717, 1.165) is 15.8 Å². The fourth-order valence-corrected chi connectivity index (χ4v) is 4.60. The molecule has 0 aliphatic rings. The van der Waals surface area contributed by atoms with Crippen molar-refractivity contribution >= 4 is 39.8 Å². The third-order valence-electron chi connectivity index (χ3n) is 3.74. The first-order valence-corrected chi connectivity index (χ1v) is 10.2. The number of methoxy groups -OCH3 is 1. The van der Waals surface area contributed by atoms with Gasteiger partial charge in [-0.1, -0.05) is 23.1 Å². The summed E-state index contributed by atoms with van der Waals surface area (Å²) in [6.45, 7) is 10.1. The molecule has 0 bridgehead atoms. The Hall–Kier alpha value is -1.80. The lowest BCUT2D eigenvalue weighted by atomic mass is 10.2. The molecule has 142 valence electrons. The number of carbonyl (C=O) groups is 1. The van der Waals surface area contributed by atoms with Gasteiger partial charge in [-0.05, 0) is 58.9 Å². The first kappa shape index (κ1) is 20.5. The minimum atomic E-state index is -0.207. The molecule has 0 saturated heterocycles. The van der Waals surface area contributed by atoms with Crippen LogP contribution in [0, 0.1) is 0 Å². The molecule has 2 aromatic rings. The molecule has 0 radical (unpaired) electrons. The highest BCUT2D eigenvalue weighted by Crippen LogP contribution is 2.31.